The first-order chi connectivity index (χ1) is 8.20. The van der Waals surface area contributed by atoms with Gasteiger partial charge in [0.2, 0.25) is 0 Å². The molecule has 0 fully saturated rings. The Balaban J connectivity index is 2.30. The highest BCUT2D eigenvalue weighted by molar-refractivity contribution is 6.19. The number of carbonyl (C=O) groups is 2. The van der Waals surface area contributed by atoms with Crippen molar-refractivity contribution in [3.05, 3.63) is 53.8 Å². The van der Waals surface area contributed by atoms with Gasteiger partial charge < -0.3 is 9.47 Å². The van der Waals surface area contributed by atoms with E-state index in [4.69, 9.17) is 4.74 Å². The maximum Gasteiger partial charge on any atom is 0.344 e. The number of allylic oxidation sites excluding steroid dienone is 1. The number of cyclic esters (lactones) is 1. The molecule has 1 aromatic rings. The van der Waals surface area contributed by atoms with E-state index in [2.05, 4.69) is 4.74 Å². The van der Waals surface area contributed by atoms with Crippen molar-refractivity contribution in [2.45, 2.75) is 0 Å². The van der Waals surface area contributed by atoms with Crippen molar-refractivity contribution < 1.29 is 19.1 Å². The molecule has 1 heterocycles. The van der Waals surface area contributed by atoms with Gasteiger partial charge in [-0.3, -0.25) is 0 Å². The van der Waals surface area contributed by atoms with Crippen molar-refractivity contribution in [1.82, 2.24) is 0 Å². The molecule has 0 saturated carbocycles. The number of hydrogen-bond acceptors (Lipinski definition) is 4. The normalized spacial score (nSPS) is 16.6. The highest BCUT2D eigenvalue weighted by atomic mass is 16.5. The van der Waals surface area contributed by atoms with E-state index in [0.717, 1.165) is 11.6 Å². The summed E-state index contributed by atoms with van der Waals surface area (Å²) in [5.41, 5.74) is 1.19. The minimum Gasteiger partial charge on any atom is -0.466 e. The third-order valence-electron chi connectivity index (χ3n) is 2.26. The highest BCUT2D eigenvalue weighted by Crippen LogP contribution is 2.25. The van der Waals surface area contributed by atoms with Gasteiger partial charge in [0.05, 0.1) is 18.8 Å². The number of carbonyl (C=O) groups excluding carboxylic acids is 2. The number of rotatable bonds is 2. The molecule has 0 radical (unpaired) electrons. The first-order valence-corrected chi connectivity index (χ1v) is 4.99. The average Bonchev–Trinajstić information content (AvgIpc) is 2.71. The van der Waals surface area contributed by atoms with Crippen LogP contribution in [0.5, 0.6) is 0 Å². The van der Waals surface area contributed by atoms with Crippen molar-refractivity contribution in [3.8, 4) is 0 Å². The zero-order valence-corrected chi connectivity index (χ0v) is 9.17. The molecule has 1 aliphatic rings. The van der Waals surface area contributed by atoms with E-state index in [1.807, 2.05) is 18.2 Å². The molecule has 0 unspecified atom stereocenters. The van der Waals surface area contributed by atoms with Gasteiger partial charge in [0.1, 0.15) is 5.76 Å². The summed E-state index contributed by atoms with van der Waals surface area (Å²) in [6, 6.07) is 9.11. The van der Waals surface area contributed by atoms with Crippen LogP contribution in [0.3, 0.4) is 0 Å². The van der Waals surface area contributed by atoms with Crippen molar-refractivity contribution in [2.24, 2.45) is 0 Å². The van der Waals surface area contributed by atoms with E-state index in [9.17, 15) is 9.59 Å². The van der Waals surface area contributed by atoms with Crippen LogP contribution in [-0.2, 0) is 19.1 Å². The molecule has 0 atom stereocenters. The van der Waals surface area contributed by atoms with Crippen LogP contribution in [0.15, 0.2) is 48.2 Å². The van der Waals surface area contributed by atoms with Gasteiger partial charge in [-0.15, -0.1) is 0 Å². The second-order valence-corrected chi connectivity index (χ2v) is 3.38. The standard InChI is InChI=1S/C13H10O4/c1-16-12(14)8-10-7-11(13(15)17-10)9-5-3-2-4-6-9/h2-8H,1H3. The smallest absolute Gasteiger partial charge is 0.344 e. The molecule has 17 heavy (non-hydrogen) atoms. The van der Waals surface area contributed by atoms with Crippen LogP contribution in [0.1, 0.15) is 5.56 Å². The van der Waals surface area contributed by atoms with Crippen LogP contribution in [0.2, 0.25) is 0 Å². The van der Waals surface area contributed by atoms with Gasteiger partial charge in [-0.1, -0.05) is 30.3 Å². The minimum atomic E-state index is -0.557. The first kappa shape index (κ1) is 11.1. The predicted octanol–water partition coefficient (Wildman–Crippen LogP) is 1.68. The Morgan fingerprint density at radius 2 is 2.00 bits per heavy atom. The number of methoxy groups -OCH3 is 1. The van der Waals surface area contributed by atoms with Crippen LogP contribution in [0, 0.1) is 0 Å². The number of benzene rings is 1. The van der Waals surface area contributed by atoms with Crippen LogP contribution in [-0.4, -0.2) is 19.0 Å². The summed E-state index contributed by atoms with van der Waals surface area (Å²) < 4.78 is 9.38. The molecule has 0 saturated heterocycles. The first-order valence-electron chi connectivity index (χ1n) is 4.99. The van der Waals surface area contributed by atoms with E-state index >= 15 is 0 Å². The molecule has 0 N–H and O–H groups in total. The predicted molar refractivity (Wildman–Crippen MR) is 60.6 cm³/mol. The summed E-state index contributed by atoms with van der Waals surface area (Å²) in [6.45, 7) is 0. The molecule has 0 aliphatic carbocycles. The fourth-order valence-electron chi connectivity index (χ4n) is 1.46. The van der Waals surface area contributed by atoms with Crippen molar-refractivity contribution in [1.29, 1.82) is 0 Å². The summed E-state index contributed by atoms with van der Waals surface area (Å²) in [5.74, 6) is -0.828. The van der Waals surface area contributed by atoms with Crippen LogP contribution >= 0.6 is 0 Å². The van der Waals surface area contributed by atoms with Gasteiger partial charge in [0, 0.05) is 0 Å². The number of hydrogen-bond donors (Lipinski definition) is 0. The molecule has 0 aromatic heterocycles. The van der Waals surface area contributed by atoms with Crippen LogP contribution in [0.25, 0.3) is 5.57 Å². The average molecular weight is 230 g/mol. The highest BCUT2D eigenvalue weighted by Gasteiger charge is 2.23. The van der Waals surface area contributed by atoms with E-state index in [1.54, 1.807) is 12.1 Å². The maximum atomic E-state index is 11.6. The molecule has 1 aromatic carbocycles. The lowest BCUT2D eigenvalue weighted by Crippen LogP contribution is -2.00. The molecule has 4 nitrogen and oxygen atoms in total. The Morgan fingerprint density at radius 3 is 2.65 bits per heavy atom. The zero-order chi connectivity index (χ0) is 12.3. The molecule has 2 rings (SSSR count). The van der Waals surface area contributed by atoms with Crippen LogP contribution < -0.4 is 0 Å². The Kier molecular flexibility index (Phi) is 3.05. The summed E-state index contributed by atoms with van der Waals surface area (Å²) in [7, 11) is 1.26. The SMILES string of the molecule is COC(=O)C=C1C=C(c2ccccc2)C(=O)O1. The van der Waals surface area contributed by atoms with Crippen LogP contribution in [0.4, 0.5) is 0 Å². The van der Waals surface area contributed by atoms with Gasteiger partial charge in [0.25, 0.3) is 0 Å². The maximum absolute atomic E-state index is 11.6. The van der Waals surface area contributed by atoms with Gasteiger partial charge in [0.15, 0.2) is 0 Å². The molecule has 1 aliphatic heterocycles. The molecule has 86 valence electrons. The van der Waals surface area contributed by atoms with Gasteiger partial charge in [-0.05, 0) is 11.6 Å². The molecule has 4 heteroatoms. The fourth-order valence-corrected chi connectivity index (χ4v) is 1.46. The second kappa shape index (κ2) is 4.65. The molecular formula is C13H10O4. The fraction of sp³-hybridized carbons (Fsp3) is 0.0769. The van der Waals surface area contributed by atoms with E-state index < -0.39 is 11.9 Å². The Hall–Kier alpha value is -2.36. The third kappa shape index (κ3) is 2.42. The second-order valence-electron chi connectivity index (χ2n) is 3.38. The summed E-state index contributed by atoms with van der Waals surface area (Å²) >= 11 is 0. The zero-order valence-electron chi connectivity index (χ0n) is 9.17. The molecule has 0 amide bonds. The lowest BCUT2D eigenvalue weighted by atomic mass is 10.1. The topological polar surface area (TPSA) is 52.6 Å². The van der Waals surface area contributed by atoms with Gasteiger partial charge >= 0.3 is 11.9 Å². The quantitative estimate of drug-likeness (QED) is 0.573. The largest absolute Gasteiger partial charge is 0.466 e. The summed E-state index contributed by atoms with van der Waals surface area (Å²) in [4.78, 5) is 22.6. The summed E-state index contributed by atoms with van der Waals surface area (Å²) in [5, 5.41) is 0. The van der Waals surface area contributed by atoms with E-state index in [0.29, 0.717) is 5.57 Å². The van der Waals surface area contributed by atoms with Crippen molar-refractivity contribution in [2.75, 3.05) is 7.11 Å². The molecular weight excluding hydrogens is 220 g/mol. The summed E-state index contributed by atoms with van der Waals surface area (Å²) in [6.07, 6.45) is 2.66. The van der Waals surface area contributed by atoms with E-state index in [1.165, 1.54) is 13.2 Å². The minimum absolute atomic E-state index is 0.195. The monoisotopic (exact) mass is 230 g/mol. The Labute approximate surface area is 98.2 Å². The van der Waals surface area contributed by atoms with Gasteiger partial charge in [-0.2, -0.15) is 0 Å². The molecule has 0 bridgehead atoms. The lowest BCUT2D eigenvalue weighted by molar-refractivity contribution is -0.135. The van der Waals surface area contributed by atoms with Crippen molar-refractivity contribution >= 4 is 17.5 Å². The Morgan fingerprint density at radius 1 is 1.29 bits per heavy atom. The number of ether oxygens (including phenoxy) is 2. The molecule has 0 spiro atoms. The lowest BCUT2D eigenvalue weighted by Gasteiger charge is -1.97. The van der Waals surface area contributed by atoms with E-state index in [-0.39, 0.29) is 5.76 Å². The van der Waals surface area contributed by atoms with Gasteiger partial charge in [-0.25, -0.2) is 9.59 Å². The van der Waals surface area contributed by atoms with Crippen molar-refractivity contribution in [3.63, 3.8) is 0 Å². The Bertz CT molecular complexity index is 511. The number of esters is 2. The third-order valence-corrected chi connectivity index (χ3v) is 2.26.